The third-order valence-corrected chi connectivity index (χ3v) is 4.93. The molecule has 5 heteroatoms. The van der Waals surface area contributed by atoms with Gasteiger partial charge in [-0.2, -0.15) is 0 Å². The van der Waals surface area contributed by atoms with Gasteiger partial charge in [0.15, 0.2) is 0 Å². The van der Waals surface area contributed by atoms with Crippen molar-refractivity contribution in [2.24, 2.45) is 5.92 Å². The Kier molecular flexibility index (Phi) is 5.28. The predicted octanol–water partition coefficient (Wildman–Crippen LogP) is 1.86. The van der Waals surface area contributed by atoms with Gasteiger partial charge < -0.3 is 10.2 Å². The molecule has 1 amide bonds. The fourth-order valence-corrected chi connectivity index (χ4v) is 3.70. The van der Waals surface area contributed by atoms with Crippen molar-refractivity contribution in [2.45, 2.75) is 32.4 Å². The minimum atomic E-state index is -0.193. The van der Waals surface area contributed by atoms with Gasteiger partial charge in [0.2, 0.25) is 5.91 Å². The number of amides is 1. The lowest BCUT2D eigenvalue weighted by Gasteiger charge is -2.39. The van der Waals surface area contributed by atoms with E-state index in [1.54, 1.807) is 12.1 Å². The van der Waals surface area contributed by atoms with Crippen molar-refractivity contribution in [3.63, 3.8) is 0 Å². The molecule has 2 saturated heterocycles. The topological polar surface area (TPSA) is 35.6 Å². The van der Waals surface area contributed by atoms with Crippen LogP contribution < -0.4 is 5.32 Å². The summed E-state index contributed by atoms with van der Waals surface area (Å²) in [6.45, 7) is 7.17. The van der Waals surface area contributed by atoms with Crippen LogP contribution >= 0.6 is 0 Å². The van der Waals surface area contributed by atoms with Gasteiger partial charge in [0, 0.05) is 38.8 Å². The molecule has 0 spiro atoms. The smallest absolute Gasteiger partial charge is 0.227 e. The molecular weight excluding hydrogens is 293 g/mol. The molecule has 1 aromatic rings. The van der Waals surface area contributed by atoms with Crippen LogP contribution in [0.2, 0.25) is 0 Å². The zero-order chi connectivity index (χ0) is 16.2. The summed E-state index contributed by atoms with van der Waals surface area (Å²) in [6.07, 6.45) is 2.00. The molecule has 0 unspecified atom stereocenters. The van der Waals surface area contributed by atoms with E-state index in [1.165, 1.54) is 6.07 Å². The minimum Gasteiger partial charge on any atom is -0.337 e. The maximum atomic E-state index is 13.3. The van der Waals surface area contributed by atoms with E-state index < -0.39 is 0 Å². The van der Waals surface area contributed by atoms with E-state index in [1.807, 2.05) is 11.0 Å². The summed E-state index contributed by atoms with van der Waals surface area (Å²) in [4.78, 5) is 17.1. The fourth-order valence-electron chi connectivity index (χ4n) is 3.70. The quantitative estimate of drug-likeness (QED) is 0.924. The molecule has 2 atom stereocenters. The third kappa shape index (κ3) is 4.09. The molecule has 126 valence electrons. The molecule has 2 heterocycles. The highest BCUT2D eigenvalue weighted by Gasteiger charge is 2.32. The van der Waals surface area contributed by atoms with Gasteiger partial charge in [0.05, 0.1) is 5.92 Å². The number of hydrogen-bond donors (Lipinski definition) is 1. The molecule has 0 bridgehead atoms. The average Bonchev–Trinajstić information content (AvgIpc) is 2.55. The number of likely N-dealkylation sites (tertiary alicyclic amines) is 1. The largest absolute Gasteiger partial charge is 0.337 e. The van der Waals surface area contributed by atoms with Crippen LogP contribution in [0.1, 0.15) is 25.3 Å². The first-order chi connectivity index (χ1) is 11.1. The maximum absolute atomic E-state index is 13.3. The molecule has 0 saturated carbocycles. The molecule has 23 heavy (non-hydrogen) atoms. The molecule has 4 nitrogen and oxygen atoms in total. The van der Waals surface area contributed by atoms with Crippen LogP contribution in [-0.2, 0) is 11.3 Å². The lowest BCUT2D eigenvalue weighted by Crippen LogP contribution is -2.55. The molecule has 2 aliphatic rings. The fraction of sp³-hybridized carbons (Fsp3) is 0.611. The van der Waals surface area contributed by atoms with E-state index in [9.17, 15) is 9.18 Å². The van der Waals surface area contributed by atoms with E-state index >= 15 is 0 Å². The Hall–Kier alpha value is -1.46. The van der Waals surface area contributed by atoms with Crippen molar-refractivity contribution in [3.05, 3.63) is 35.6 Å². The molecule has 2 fully saturated rings. The Morgan fingerprint density at radius 2 is 2.26 bits per heavy atom. The van der Waals surface area contributed by atoms with Crippen LogP contribution in [0.4, 0.5) is 4.39 Å². The predicted molar refractivity (Wildman–Crippen MR) is 88.4 cm³/mol. The highest BCUT2D eigenvalue weighted by Crippen LogP contribution is 2.22. The first kappa shape index (κ1) is 16.4. The molecular formula is C18H26FN3O. The van der Waals surface area contributed by atoms with Gasteiger partial charge in [-0.25, -0.2) is 4.39 Å². The molecule has 0 aliphatic carbocycles. The number of piperazine rings is 1. The number of carbonyl (C=O) groups excluding carboxylic acids is 1. The summed E-state index contributed by atoms with van der Waals surface area (Å²) in [5.41, 5.74) is 0.980. The van der Waals surface area contributed by atoms with Crippen molar-refractivity contribution in [2.75, 3.05) is 32.7 Å². The van der Waals surface area contributed by atoms with Gasteiger partial charge in [-0.1, -0.05) is 12.1 Å². The number of piperidine rings is 1. The maximum Gasteiger partial charge on any atom is 0.227 e. The summed E-state index contributed by atoms with van der Waals surface area (Å²) >= 11 is 0. The Balaban J connectivity index is 1.60. The number of nitrogens with one attached hydrogen (secondary N) is 1. The van der Waals surface area contributed by atoms with Crippen molar-refractivity contribution < 1.29 is 9.18 Å². The molecule has 3 rings (SSSR count). The molecule has 0 aromatic heterocycles. The highest BCUT2D eigenvalue weighted by atomic mass is 19.1. The van der Waals surface area contributed by atoms with Crippen LogP contribution in [0.15, 0.2) is 24.3 Å². The molecule has 1 aromatic carbocycles. The van der Waals surface area contributed by atoms with Crippen LogP contribution in [0, 0.1) is 11.7 Å². The van der Waals surface area contributed by atoms with E-state index in [2.05, 4.69) is 17.1 Å². The van der Waals surface area contributed by atoms with Crippen LogP contribution in [0.3, 0.4) is 0 Å². The number of rotatable bonds is 3. The van der Waals surface area contributed by atoms with Crippen LogP contribution in [0.5, 0.6) is 0 Å². The van der Waals surface area contributed by atoms with E-state index in [0.29, 0.717) is 5.91 Å². The summed E-state index contributed by atoms with van der Waals surface area (Å²) in [6, 6.07) is 7.03. The zero-order valence-electron chi connectivity index (χ0n) is 13.8. The zero-order valence-corrected chi connectivity index (χ0v) is 13.8. The van der Waals surface area contributed by atoms with Crippen LogP contribution in [0.25, 0.3) is 0 Å². The Bertz CT molecular complexity index is 551. The van der Waals surface area contributed by atoms with Crippen molar-refractivity contribution >= 4 is 5.91 Å². The number of carbonyl (C=O) groups is 1. The number of halogens is 1. The lowest BCUT2D eigenvalue weighted by molar-refractivity contribution is -0.140. The Morgan fingerprint density at radius 1 is 1.39 bits per heavy atom. The minimum absolute atomic E-state index is 0.0814. The standard InChI is InChI=1S/C18H26FN3O/c1-14-11-20-7-9-22(14)18(23)16-5-3-8-21(13-16)12-15-4-2-6-17(19)10-15/h2,4,6,10,14,16,20H,3,5,7-9,11-13H2,1H3/t14-,16+/m1/s1. The average molecular weight is 319 g/mol. The number of nitrogens with zero attached hydrogens (tertiary/aromatic N) is 2. The third-order valence-electron chi connectivity index (χ3n) is 4.93. The van der Waals surface area contributed by atoms with Gasteiger partial charge in [0.25, 0.3) is 0 Å². The van der Waals surface area contributed by atoms with Gasteiger partial charge in [-0.3, -0.25) is 9.69 Å². The molecule has 1 N–H and O–H groups in total. The first-order valence-corrected chi connectivity index (χ1v) is 8.61. The van der Waals surface area contributed by atoms with E-state index in [4.69, 9.17) is 0 Å². The first-order valence-electron chi connectivity index (χ1n) is 8.61. The van der Waals surface area contributed by atoms with Crippen molar-refractivity contribution in [1.82, 2.24) is 15.1 Å². The second kappa shape index (κ2) is 7.41. The SMILES string of the molecule is C[C@@H]1CNCCN1C(=O)[C@H]1CCCN(Cc2cccc(F)c2)C1. The highest BCUT2D eigenvalue weighted by molar-refractivity contribution is 5.79. The lowest BCUT2D eigenvalue weighted by atomic mass is 9.95. The molecule has 2 aliphatic heterocycles. The van der Waals surface area contributed by atoms with Crippen molar-refractivity contribution in [1.29, 1.82) is 0 Å². The Morgan fingerprint density at radius 3 is 3.04 bits per heavy atom. The summed E-state index contributed by atoms with van der Waals surface area (Å²) in [5.74, 6) is 0.183. The second-order valence-corrected chi connectivity index (χ2v) is 6.79. The van der Waals surface area contributed by atoms with E-state index in [-0.39, 0.29) is 17.8 Å². The summed E-state index contributed by atoms with van der Waals surface area (Å²) < 4.78 is 13.3. The van der Waals surface area contributed by atoms with Crippen molar-refractivity contribution in [3.8, 4) is 0 Å². The normalized spacial score (nSPS) is 26.3. The second-order valence-electron chi connectivity index (χ2n) is 6.79. The van der Waals surface area contributed by atoms with Gasteiger partial charge in [-0.05, 0) is 44.0 Å². The van der Waals surface area contributed by atoms with Crippen LogP contribution in [-0.4, -0.2) is 54.5 Å². The summed E-state index contributed by atoms with van der Waals surface area (Å²) in [7, 11) is 0. The number of hydrogen-bond acceptors (Lipinski definition) is 3. The Labute approximate surface area is 137 Å². The van der Waals surface area contributed by atoms with Gasteiger partial charge >= 0.3 is 0 Å². The summed E-state index contributed by atoms with van der Waals surface area (Å²) in [5, 5.41) is 3.33. The van der Waals surface area contributed by atoms with E-state index in [0.717, 1.165) is 57.7 Å². The number of benzene rings is 1. The molecule has 0 radical (unpaired) electrons. The van der Waals surface area contributed by atoms with Gasteiger partial charge in [0.1, 0.15) is 5.82 Å². The van der Waals surface area contributed by atoms with Gasteiger partial charge in [-0.15, -0.1) is 0 Å². The monoisotopic (exact) mass is 319 g/mol.